The van der Waals surface area contributed by atoms with E-state index in [9.17, 15) is 9.59 Å². The highest BCUT2D eigenvalue weighted by molar-refractivity contribution is 5.83. The molecule has 35 heavy (non-hydrogen) atoms. The minimum absolute atomic E-state index is 0.0664. The van der Waals surface area contributed by atoms with E-state index in [0.29, 0.717) is 12.1 Å². The summed E-state index contributed by atoms with van der Waals surface area (Å²) in [6, 6.07) is 19.6. The van der Waals surface area contributed by atoms with Crippen molar-refractivity contribution in [2.24, 2.45) is 0 Å². The van der Waals surface area contributed by atoms with Crippen molar-refractivity contribution in [2.45, 2.75) is 19.9 Å². The second kappa shape index (κ2) is 8.74. The maximum Gasteiger partial charge on any atom is 0.336 e. The minimum Gasteiger partial charge on any atom is -0.423 e. The van der Waals surface area contributed by atoms with Gasteiger partial charge in [-0.3, -0.25) is 9.69 Å². The van der Waals surface area contributed by atoms with Crippen LogP contribution in [-0.4, -0.2) is 46.6 Å². The topological polar surface area (TPSA) is 63.1 Å². The Morgan fingerprint density at radius 3 is 2.43 bits per heavy atom. The highest BCUT2D eigenvalue weighted by atomic mass is 16.4. The van der Waals surface area contributed by atoms with Gasteiger partial charge in [-0.25, -0.2) is 4.79 Å². The van der Waals surface area contributed by atoms with Gasteiger partial charge in [0, 0.05) is 62.1 Å². The van der Waals surface area contributed by atoms with Crippen LogP contribution in [0.5, 0.6) is 0 Å². The molecule has 1 aliphatic heterocycles. The molecule has 0 radical (unpaired) electrons. The molecule has 0 amide bonds. The van der Waals surface area contributed by atoms with Crippen LogP contribution in [0.3, 0.4) is 0 Å². The van der Waals surface area contributed by atoms with Crippen molar-refractivity contribution in [1.29, 1.82) is 0 Å². The van der Waals surface area contributed by atoms with E-state index in [4.69, 9.17) is 4.42 Å². The van der Waals surface area contributed by atoms with Gasteiger partial charge in [-0.15, -0.1) is 0 Å². The van der Waals surface area contributed by atoms with Crippen molar-refractivity contribution >= 4 is 33.2 Å². The van der Waals surface area contributed by atoms with E-state index < -0.39 is 0 Å². The normalized spacial score (nSPS) is 14.9. The lowest BCUT2D eigenvalue weighted by Gasteiger charge is -2.36. The molecule has 0 N–H and O–H groups in total. The number of fused-ring (bicyclic) bond motifs is 4. The summed E-state index contributed by atoms with van der Waals surface area (Å²) < 4.78 is 9.33. The molecule has 5 aromatic rings. The number of aromatic nitrogens is 2. The number of hydrogen-bond donors (Lipinski definition) is 0. The molecule has 0 saturated carbocycles. The highest BCUT2D eigenvalue weighted by Crippen LogP contribution is 2.24. The fourth-order valence-electron chi connectivity index (χ4n) is 5.32. The molecule has 7 heteroatoms. The molecule has 0 atom stereocenters. The number of benzene rings is 2. The Morgan fingerprint density at radius 2 is 1.60 bits per heavy atom. The van der Waals surface area contributed by atoms with Crippen LogP contribution in [0.25, 0.3) is 27.5 Å². The quantitative estimate of drug-likeness (QED) is 0.367. The SMILES string of the molecule is Cc1cc(=O)oc2cc(N3CCN(CCCn4c(=O)c5cccn5c5ccccc54)CC3)ccc12. The summed E-state index contributed by atoms with van der Waals surface area (Å²) in [4.78, 5) is 29.7. The van der Waals surface area contributed by atoms with Crippen LogP contribution in [0.2, 0.25) is 0 Å². The lowest BCUT2D eigenvalue weighted by Crippen LogP contribution is -2.46. The molecular weight excluding hydrogens is 440 g/mol. The minimum atomic E-state index is -0.306. The number of anilines is 1. The van der Waals surface area contributed by atoms with E-state index in [0.717, 1.165) is 72.3 Å². The molecular formula is C28H28N4O3. The van der Waals surface area contributed by atoms with Crippen LogP contribution in [0.15, 0.2) is 80.9 Å². The second-order valence-electron chi connectivity index (χ2n) is 9.32. The van der Waals surface area contributed by atoms with Crippen LogP contribution in [-0.2, 0) is 6.54 Å². The number of nitrogens with zero attached hydrogens (tertiary/aromatic N) is 4. The van der Waals surface area contributed by atoms with Gasteiger partial charge < -0.3 is 18.3 Å². The van der Waals surface area contributed by atoms with Crippen molar-refractivity contribution in [2.75, 3.05) is 37.6 Å². The number of hydrogen-bond acceptors (Lipinski definition) is 5. The third-order valence-corrected chi connectivity index (χ3v) is 7.17. The van der Waals surface area contributed by atoms with Crippen LogP contribution in [0.1, 0.15) is 12.0 Å². The molecule has 4 heterocycles. The van der Waals surface area contributed by atoms with E-state index in [1.54, 1.807) is 0 Å². The summed E-state index contributed by atoms with van der Waals surface area (Å²) in [5.74, 6) is 0. The lowest BCUT2D eigenvalue weighted by atomic mass is 10.1. The molecule has 7 nitrogen and oxygen atoms in total. The third-order valence-electron chi connectivity index (χ3n) is 7.17. The van der Waals surface area contributed by atoms with Crippen molar-refractivity contribution in [3.8, 4) is 0 Å². The standard InChI is InChI=1S/C28H28N4O3/c1-20-18-27(33)35-26-19-21(9-10-22(20)26)30-16-14-29(15-17-30)11-5-13-32-24-7-3-2-6-23(24)31-12-4-8-25(31)28(32)34/h2-4,6-10,12,18-19H,5,11,13-17H2,1H3. The average molecular weight is 469 g/mol. The first-order valence-corrected chi connectivity index (χ1v) is 12.2. The monoisotopic (exact) mass is 468 g/mol. The van der Waals surface area contributed by atoms with Gasteiger partial charge in [-0.2, -0.15) is 0 Å². The Hall–Kier alpha value is -3.84. The van der Waals surface area contributed by atoms with Crippen LogP contribution >= 0.6 is 0 Å². The van der Waals surface area contributed by atoms with Gasteiger partial charge >= 0.3 is 5.63 Å². The summed E-state index contributed by atoms with van der Waals surface area (Å²) >= 11 is 0. The molecule has 178 valence electrons. The molecule has 0 bridgehead atoms. The molecule has 1 aliphatic rings. The van der Waals surface area contributed by atoms with Crippen LogP contribution < -0.4 is 16.1 Å². The zero-order valence-electron chi connectivity index (χ0n) is 19.8. The highest BCUT2D eigenvalue weighted by Gasteiger charge is 2.18. The summed E-state index contributed by atoms with van der Waals surface area (Å²) in [6.07, 6.45) is 2.87. The zero-order chi connectivity index (χ0) is 23.9. The first-order chi connectivity index (χ1) is 17.1. The Kier molecular flexibility index (Phi) is 5.41. The largest absolute Gasteiger partial charge is 0.423 e. The van der Waals surface area contributed by atoms with Crippen molar-refractivity contribution < 1.29 is 4.42 Å². The van der Waals surface area contributed by atoms with Gasteiger partial charge in [0.2, 0.25) is 0 Å². The van der Waals surface area contributed by atoms with Gasteiger partial charge in [0.1, 0.15) is 11.1 Å². The molecule has 0 unspecified atom stereocenters. The number of rotatable bonds is 5. The first-order valence-electron chi connectivity index (χ1n) is 12.2. The van der Waals surface area contributed by atoms with Gasteiger partial charge in [0.15, 0.2) is 0 Å². The van der Waals surface area contributed by atoms with Crippen molar-refractivity contribution in [3.63, 3.8) is 0 Å². The van der Waals surface area contributed by atoms with Crippen LogP contribution in [0, 0.1) is 6.92 Å². The maximum absolute atomic E-state index is 13.1. The summed E-state index contributed by atoms with van der Waals surface area (Å²) in [7, 11) is 0. The fraction of sp³-hybridized carbons (Fsp3) is 0.286. The molecule has 1 fully saturated rings. The number of para-hydroxylation sites is 2. The second-order valence-corrected chi connectivity index (χ2v) is 9.32. The fourth-order valence-corrected chi connectivity index (χ4v) is 5.32. The molecule has 0 spiro atoms. The number of aryl methyl sites for hydroxylation is 2. The summed E-state index contributed by atoms with van der Waals surface area (Å²) in [5, 5.41) is 0.980. The Morgan fingerprint density at radius 1 is 0.829 bits per heavy atom. The van der Waals surface area contributed by atoms with Crippen LogP contribution in [0.4, 0.5) is 5.69 Å². The Bertz CT molecular complexity index is 1650. The van der Waals surface area contributed by atoms with Crippen molar-refractivity contribution in [3.05, 3.63) is 93.2 Å². The molecule has 2 aromatic carbocycles. The van der Waals surface area contributed by atoms with Gasteiger partial charge in [0.25, 0.3) is 5.56 Å². The van der Waals surface area contributed by atoms with E-state index in [1.165, 1.54) is 6.07 Å². The Labute approximate surface area is 202 Å². The first kappa shape index (κ1) is 21.7. The van der Waals surface area contributed by atoms with Gasteiger partial charge in [0.05, 0.1) is 11.0 Å². The van der Waals surface area contributed by atoms with E-state index in [2.05, 4.69) is 21.9 Å². The molecule has 0 aliphatic carbocycles. The predicted octanol–water partition coefficient (Wildman–Crippen LogP) is 3.88. The average Bonchev–Trinajstić information content (AvgIpc) is 3.37. The van der Waals surface area contributed by atoms with Crippen molar-refractivity contribution in [1.82, 2.24) is 13.9 Å². The Balaban J connectivity index is 1.12. The molecule has 3 aromatic heterocycles. The zero-order valence-corrected chi connectivity index (χ0v) is 19.8. The van der Waals surface area contributed by atoms with Gasteiger partial charge in [-0.1, -0.05) is 12.1 Å². The van der Waals surface area contributed by atoms with E-state index >= 15 is 0 Å². The molecule has 1 saturated heterocycles. The van der Waals surface area contributed by atoms with E-state index in [1.807, 2.05) is 64.6 Å². The predicted molar refractivity (Wildman–Crippen MR) is 140 cm³/mol. The van der Waals surface area contributed by atoms with Gasteiger partial charge in [-0.05, 0) is 61.9 Å². The summed E-state index contributed by atoms with van der Waals surface area (Å²) in [6.45, 7) is 7.34. The smallest absolute Gasteiger partial charge is 0.336 e. The molecule has 6 rings (SSSR count). The maximum atomic E-state index is 13.1. The lowest BCUT2D eigenvalue weighted by molar-refractivity contribution is 0.250. The van der Waals surface area contributed by atoms with E-state index in [-0.39, 0.29) is 11.2 Å². The summed E-state index contributed by atoms with van der Waals surface area (Å²) in [5.41, 5.74) is 5.19. The number of piperazine rings is 1. The third kappa shape index (κ3) is 3.91.